The molecule has 26 heavy (non-hydrogen) atoms. The molecule has 0 aromatic heterocycles. The summed E-state index contributed by atoms with van der Waals surface area (Å²) in [5.41, 5.74) is 2.18. The molecule has 0 unspecified atom stereocenters. The first-order chi connectivity index (χ1) is 12.5. The molecule has 5 heteroatoms. The Balaban J connectivity index is 1.55. The van der Waals surface area contributed by atoms with Crippen LogP contribution in [0.5, 0.6) is 0 Å². The third kappa shape index (κ3) is 4.69. The Labute approximate surface area is 153 Å². The zero-order valence-corrected chi connectivity index (χ0v) is 14.9. The van der Waals surface area contributed by atoms with E-state index in [2.05, 4.69) is 5.32 Å². The second-order valence-electron chi connectivity index (χ2n) is 6.81. The molecule has 1 saturated heterocycles. The van der Waals surface area contributed by atoms with Gasteiger partial charge in [-0.3, -0.25) is 9.59 Å². The van der Waals surface area contributed by atoms with Crippen LogP contribution in [0, 0.1) is 11.7 Å². The molecular formula is C21H23FN2O2. The number of benzene rings is 2. The molecular weight excluding hydrogens is 331 g/mol. The van der Waals surface area contributed by atoms with Crippen LogP contribution in [0.2, 0.25) is 0 Å². The lowest BCUT2D eigenvalue weighted by atomic mass is 9.90. The van der Waals surface area contributed by atoms with Gasteiger partial charge in [-0.25, -0.2) is 4.39 Å². The molecule has 0 atom stereocenters. The van der Waals surface area contributed by atoms with Gasteiger partial charge in [-0.1, -0.05) is 18.2 Å². The van der Waals surface area contributed by atoms with Crippen molar-refractivity contribution in [2.24, 2.45) is 5.92 Å². The number of hydrogen-bond donors (Lipinski definition) is 1. The van der Waals surface area contributed by atoms with Gasteiger partial charge < -0.3 is 10.2 Å². The Kier molecular flexibility index (Phi) is 5.66. The number of likely N-dealkylation sites (tertiary alicyclic amines) is 1. The largest absolute Gasteiger partial charge is 0.343 e. The lowest BCUT2D eigenvalue weighted by molar-refractivity contribution is -0.130. The summed E-state index contributed by atoms with van der Waals surface area (Å²) in [7, 11) is 0. The number of hydrogen-bond acceptors (Lipinski definition) is 2. The van der Waals surface area contributed by atoms with Gasteiger partial charge in [0.05, 0.1) is 0 Å². The average Bonchev–Trinajstić information content (AvgIpc) is 2.63. The Hall–Kier alpha value is -2.69. The highest BCUT2D eigenvalue weighted by molar-refractivity contribution is 6.04. The van der Waals surface area contributed by atoms with Crippen LogP contribution in [-0.4, -0.2) is 29.8 Å². The first kappa shape index (κ1) is 18.1. The Morgan fingerprint density at radius 1 is 1.12 bits per heavy atom. The summed E-state index contributed by atoms with van der Waals surface area (Å²) >= 11 is 0. The number of nitrogens with one attached hydrogen (secondary N) is 1. The van der Waals surface area contributed by atoms with Crippen molar-refractivity contribution in [2.45, 2.75) is 26.2 Å². The van der Waals surface area contributed by atoms with E-state index in [4.69, 9.17) is 0 Å². The van der Waals surface area contributed by atoms with Crippen LogP contribution in [-0.2, 0) is 11.2 Å². The molecule has 0 aliphatic carbocycles. The highest BCUT2D eigenvalue weighted by Crippen LogP contribution is 2.22. The first-order valence-corrected chi connectivity index (χ1v) is 8.92. The van der Waals surface area contributed by atoms with Crippen LogP contribution in [0.1, 0.15) is 35.7 Å². The Morgan fingerprint density at radius 2 is 1.81 bits per heavy atom. The summed E-state index contributed by atoms with van der Waals surface area (Å²) in [6.07, 6.45) is 2.99. The van der Waals surface area contributed by atoms with Gasteiger partial charge in [0.25, 0.3) is 5.91 Å². The van der Waals surface area contributed by atoms with E-state index >= 15 is 0 Å². The molecule has 136 valence electrons. The van der Waals surface area contributed by atoms with Crippen LogP contribution in [0.15, 0.2) is 48.5 Å². The molecule has 2 amide bonds. The van der Waals surface area contributed by atoms with Gasteiger partial charge in [0.2, 0.25) is 5.91 Å². The van der Waals surface area contributed by atoms with Gasteiger partial charge in [0.15, 0.2) is 0 Å². The number of carbonyl (C=O) groups excluding carboxylic acids is 2. The summed E-state index contributed by atoms with van der Waals surface area (Å²) in [6.45, 7) is 3.27. The van der Waals surface area contributed by atoms with Gasteiger partial charge >= 0.3 is 0 Å². The van der Waals surface area contributed by atoms with Crippen molar-refractivity contribution in [3.05, 3.63) is 65.5 Å². The molecule has 0 saturated carbocycles. The minimum atomic E-state index is -0.381. The SMILES string of the molecule is CC(=O)N1CCC(Cc2ccc(C(=O)Nc3cccc(F)c3)cc2)CC1. The summed E-state index contributed by atoms with van der Waals surface area (Å²) in [4.78, 5) is 25.5. The number of carbonyl (C=O) groups is 2. The zero-order valence-electron chi connectivity index (χ0n) is 14.9. The quantitative estimate of drug-likeness (QED) is 0.906. The van der Waals surface area contributed by atoms with Gasteiger partial charge in [-0.2, -0.15) is 0 Å². The fourth-order valence-corrected chi connectivity index (χ4v) is 3.35. The molecule has 1 aliphatic rings. The molecule has 4 nitrogen and oxygen atoms in total. The van der Waals surface area contributed by atoms with Crippen molar-refractivity contribution >= 4 is 17.5 Å². The lowest BCUT2D eigenvalue weighted by Gasteiger charge is -2.31. The second-order valence-corrected chi connectivity index (χ2v) is 6.81. The van der Waals surface area contributed by atoms with E-state index in [1.54, 1.807) is 31.2 Å². The standard InChI is InChI=1S/C21H23FN2O2/c1-15(25)24-11-9-17(10-12-24)13-16-5-7-18(8-6-16)21(26)23-20-4-2-3-19(22)14-20/h2-8,14,17H,9-13H2,1H3,(H,23,26). The second kappa shape index (κ2) is 8.13. The first-order valence-electron chi connectivity index (χ1n) is 8.92. The summed E-state index contributed by atoms with van der Waals surface area (Å²) < 4.78 is 13.2. The van der Waals surface area contributed by atoms with Crippen LogP contribution in [0.3, 0.4) is 0 Å². The third-order valence-corrected chi connectivity index (χ3v) is 4.88. The molecule has 0 spiro atoms. The maximum absolute atomic E-state index is 13.2. The molecule has 0 radical (unpaired) electrons. The van der Waals surface area contributed by atoms with E-state index in [1.165, 1.54) is 17.7 Å². The summed E-state index contributed by atoms with van der Waals surface area (Å²) in [5.74, 6) is 0.0839. The van der Waals surface area contributed by atoms with Crippen molar-refractivity contribution in [1.29, 1.82) is 0 Å². The fourth-order valence-electron chi connectivity index (χ4n) is 3.35. The lowest BCUT2D eigenvalue weighted by Crippen LogP contribution is -2.37. The van der Waals surface area contributed by atoms with Crippen molar-refractivity contribution in [3.8, 4) is 0 Å². The molecule has 1 N–H and O–H groups in total. The van der Waals surface area contributed by atoms with Crippen LogP contribution >= 0.6 is 0 Å². The van der Waals surface area contributed by atoms with Crippen LogP contribution in [0.4, 0.5) is 10.1 Å². The topological polar surface area (TPSA) is 49.4 Å². The van der Waals surface area contributed by atoms with Gasteiger partial charge in [-0.15, -0.1) is 0 Å². The Morgan fingerprint density at radius 3 is 2.42 bits per heavy atom. The normalized spacial score (nSPS) is 14.9. The Bertz CT molecular complexity index is 781. The summed E-state index contributed by atoms with van der Waals surface area (Å²) in [6, 6.07) is 13.4. The number of nitrogens with zero attached hydrogens (tertiary/aromatic N) is 1. The predicted molar refractivity (Wildman–Crippen MR) is 99.5 cm³/mol. The maximum Gasteiger partial charge on any atom is 0.255 e. The molecule has 2 aromatic carbocycles. The molecule has 2 aromatic rings. The van der Waals surface area contributed by atoms with Crippen molar-refractivity contribution < 1.29 is 14.0 Å². The minimum Gasteiger partial charge on any atom is -0.343 e. The van der Waals surface area contributed by atoms with E-state index in [-0.39, 0.29) is 17.6 Å². The highest BCUT2D eigenvalue weighted by atomic mass is 19.1. The van der Waals surface area contributed by atoms with E-state index in [0.717, 1.165) is 32.4 Å². The van der Waals surface area contributed by atoms with E-state index in [0.29, 0.717) is 17.2 Å². The smallest absolute Gasteiger partial charge is 0.255 e. The number of piperidine rings is 1. The third-order valence-electron chi connectivity index (χ3n) is 4.88. The molecule has 1 heterocycles. The van der Waals surface area contributed by atoms with Crippen LogP contribution in [0.25, 0.3) is 0 Å². The van der Waals surface area contributed by atoms with Gasteiger partial charge in [-0.05, 0) is 61.1 Å². The number of halogens is 1. The van der Waals surface area contributed by atoms with Crippen LogP contribution < -0.4 is 5.32 Å². The zero-order chi connectivity index (χ0) is 18.5. The van der Waals surface area contributed by atoms with E-state index in [1.807, 2.05) is 17.0 Å². The van der Waals surface area contributed by atoms with E-state index < -0.39 is 0 Å². The number of anilines is 1. The predicted octanol–water partition coefficient (Wildman–Crippen LogP) is 3.88. The van der Waals surface area contributed by atoms with E-state index in [9.17, 15) is 14.0 Å². The van der Waals surface area contributed by atoms with Crippen molar-refractivity contribution in [3.63, 3.8) is 0 Å². The molecule has 1 fully saturated rings. The van der Waals surface area contributed by atoms with Crippen molar-refractivity contribution in [2.75, 3.05) is 18.4 Å². The fraction of sp³-hybridized carbons (Fsp3) is 0.333. The van der Waals surface area contributed by atoms with Gasteiger partial charge in [0.1, 0.15) is 5.82 Å². The van der Waals surface area contributed by atoms with Gasteiger partial charge in [0, 0.05) is 31.3 Å². The molecule has 0 bridgehead atoms. The average molecular weight is 354 g/mol. The maximum atomic E-state index is 13.2. The number of amides is 2. The molecule has 1 aliphatic heterocycles. The number of rotatable bonds is 4. The summed E-state index contributed by atoms with van der Waals surface area (Å²) in [5, 5.41) is 2.70. The monoisotopic (exact) mass is 354 g/mol. The molecule has 3 rings (SSSR count). The highest BCUT2D eigenvalue weighted by Gasteiger charge is 2.20. The van der Waals surface area contributed by atoms with Crippen molar-refractivity contribution in [1.82, 2.24) is 4.90 Å². The minimum absolute atomic E-state index is 0.150.